The maximum absolute atomic E-state index is 15.6. The molecule has 4 aromatic rings. The number of anilines is 2. The molecule has 0 spiro atoms. The largest absolute Gasteiger partial charge is 0.489 e. The molecular weight excluding hydrogens is 642 g/mol. The predicted octanol–water partition coefficient (Wildman–Crippen LogP) is 6.42. The van der Waals surface area contributed by atoms with Crippen LogP contribution in [0.4, 0.5) is 20.3 Å². The molecule has 1 aromatic heterocycles. The highest BCUT2D eigenvalue weighted by Crippen LogP contribution is 2.39. The smallest absolute Gasteiger partial charge is 0.214 e. The number of benzene rings is 3. The summed E-state index contributed by atoms with van der Waals surface area (Å²) in [4.78, 5) is 9.00. The Morgan fingerprint density at radius 3 is 2.67 bits per heavy atom. The SMILES string of the molecule is CC(C)C(CNCC1(c2cc3c(Nc4ccc(OCc5cccc(F)c5)c(Br)c4)ncnc3cc2F)CC=CO1)=S(=O)=O. The molecule has 43 heavy (non-hydrogen) atoms. The standard InChI is InChI=1S/C31H29BrF2N4O4S/c1-19(2)29(43(39)40)15-35-17-31(9-4-10-42-31)24-13-23-27(14-26(24)34)36-18-37-30(23)38-22-7-8-28(25(32)12-22)41-16-20-5-3-6-21(33)11-20/h3-8,10-14,18-19,35H,9,15-17H2,1-2H3,(H,36,37,38). The summed E-state index contributed by atoms with van der Waals surface area (Å²) in [5.41, 5.74) is 1.01. The summed E-state index contributed by atoms with van der Waals surface area (Å²) < 4.78 is 64.8. The highest BCUT2D eigenvalue weighted by molar-refractivity contribution is 9.10. The van der Waals surface area contributed by atoms with Crippen molar-refractivity contribution in [2.75, 3.05) is 18.4 Å². The van der Waals surface area contributed by atoms with E-state index < -0.39 is 21.7 Å². The van der Waals surface area contributed by atoms with Gasteiger partial charge in [0.05, 0.1) is 21.1 Å². The molecule has 8 nitrogen and oxygen atoms in total. The Labute approximate surface area is 257 Å². The molecule has 0 saturated heterocycles. The molecule has 2 heterocycles. The highest BCUT2D eigenvalue weighted by Gasteiger charge is 2.38. The van der Waals surface area contributed by atoms with Crippen molar-refractivity contribution >= 4 is 53.5 Å². The van der Waals surface area contributed by atoms with Gasteiger partial charge in [0.15, 0.2) is 5.60 Å². The topological polar surface area (TPSA) is 102 Å². The Bertz CT molecular complexity index is 1820. The second kappa shape index (κ2) is 13.2. The Morgan fingerprint density at radius 2 is 1.98 bits per heavy atom. The number of hydrogen-bond acceptors (Lipinski definition) is 8. The van der Waals surface area contributed by atoms with Crippen LogP contribution < -0.4 is 15.4 Å². The monoisotopic (exact) mass is 670 g/mol. The van der Waals surface area contributed by atoms with Gasteiger partial charge in [0, 0.05) is 42.2 Å². The number of nitrogens with zero attached hydrogens (tertiary/aromatic N) is 2. The van der Waals surface area contributed by atoms with Crippen LogP contribution in [0, 0.1) is 17.6 Å². The second-order valence-corrected chi connectivity index (χ2v) is 12.3. The average molecular weight is 672 g/mol. The summed E-state index contributed by atoms with van der Waals surface area (Å²) >= 11 is 3.53. The first kappa shape index (κ1) is 30.6. The summed E-state index contributed by atoms with van der Waals surface area (Å²) in [6.07, 6.45) is 5.08. The molecule has 5 rings (SSSR count). The van der Waals surface area contributed by atoms with Gasteiger partial charge in [0.25, 0.3) is 0 Å². The van der Waals surface area contributed by atoms with Crippen molar-refractivity contribution in [1.29, 1.82) is 0 Å². The molecule has 0 aliphatic carbocycles. The summed E-state index contributed by atoms with van der Waals surface area (Å²) in [5.74, 6) is 0.0457. The molecule has 0 bridgehead atoms. The fraction of sp³-hybridized carbons (Fsp3) is 0.258. The van der Waals surface area contributed by atoms with Gasteiger partial charge < -0.3 is 20.1 Å². The number of nitrogens with one attached hydrogen (secondary N) is 2. The van der Waals surface area contributed by atoms with E-state index >= 15 is 4.39 Å². The van der Waals surface area contributed by atoms with Crippen molar-refractivity contribution in [3.63, 3.8) is 0 Å². The van der Waals surface area contributed by atoms with Gasteiger partial charge in [-0.25, -0.2) is 18.7 Å². The summed E-state index contributed by atoms with van der Waals surface area (Å²) in [6, 6.07) is 14.6. The van der Waals surface area contributed by atoms with Crippen LogP contribution in [0.1, 0.15) is 31.4 Å². The molecule has 0 radical (unpaired) electrons. The third kappa shape index (κ3) is 7.03. The van der Waals surface area contributed by atoms with E-state index in [0.29, 0.717) is 55.0 Å². The normalized spacial score (nSPS) is 16.0. The predicted molar refractivity (Wildman–Crippen MR) is 166 cm³/mol. The van der Waals surface area contributed by atoms with Gasteiger partial charge >= 0.3 is 0 Å². The third-order valence-corrected chi connectivity index (χ3v) is 8.76. The van der Waals surface area contributed by atoms with Crippen LogP contribution >= 0.6 is 15.9 Å². The van der Waals surface area contributed by atoms with Crippen molar-refractivity contribution in [1.82, 2.24) is 15.3 Å². The van der Waals surface area contributed by atoms with E-state index in [1.54, 1.807) is 44.2 Å². The molecule has 224 valence electrons. The van der Waals surface area contributed by atoms with Crippen LogP contribution in [0.25, 0.3) is 10.9 Å². The molecule has 1 atom stereocenters. The van der Waals surface area contributed by atoms with Gasteiger partial charge in [-0.2, -0.15) is 8.42 Å². The average Bonchev–Trinajstić information content (AvgIpc) is 3.44. The molecule has 1 aliphatic rings. The zero-order chi connectivity index (χ0) is 30.6. The Morgan fingerprint density at radius 1 is 1.14 bits per heavy atom. The number of ether oxygens (including phenoxy) is 2. The first-order valence-corrected chi connectivity index (χ1v) is 15.4. The lowest BCUT2D eigenvalue weighted by Gasteiger charge is -2.30. The second-order valence-electron chi connectivity index (χ2n) is 10.4. The minimum atomic E-state index is -2.33. The lowest BCUT2D eigenvalue weighted by Crippen LogP contribution is -2.41. The summed E-state index contributed by atoms with van der Waals surface area (Å²) in [6.45, 7) is 4.12. The van der Waals surface area contributed by atoms with Crippen LogP contribution in [-0.4, -0.2) is 36.3 Å². The van der Waals surface area contributed by atoms with Crippen LogP contribution in [0.2, 0.25) is 0 Å². The number of rotatable bonds is 11. The number of halogens is 3. The number of aromatic nitrogens is 2. The van der Waals surface area contributed by atoms with Crippen molar-refractivity contribution in [2.24, 2.45) is 5.92 Å². The van der Waals surface area contributed by atoms with E-state index in [-0.39, 0.29) is 31.4 Å². The van der Waals surface area contributed by atoms with E-state index in [1.807, 2.05) is 12.1 Å². The van der Waals surface area contributed by atoms with Crippen LogP contribution in [0.5, 0.6) is 5.75 Å². The first-order valence-electron chi connectivity index (χ1n) is 13.5. The van der Waals surface area contributed by atoms with Crippen LogP contribution in [-0.2, 0) is 27.2 Å². The van der Waals surface area contributed by atoms with Gasteiger partial charge in [-0.15, -0.1) is 0 Å². The maximum atomic E-state index is 15.6. The lowest BCUT2D eigenvalue weighted by molar-refractivity contribution is 0.0391. The molecular formula is C31H29BrF2N4O4S. The van der Waals surface area contributed by atoms with Crippen LogP contribution in [0.15, 0.2) is 77.7 Å². The van der Waals surface area contributed by atoms with Crippen LogP contribution in [0.3, 0.4) is 0 Å². The van der Waals surface area contributed by atoms with E-state index in [1.165, 1.54) is 30.8 Å². The molecule has 12 heteroatoms. The molecule has 3 aromatic carbocycles. The van der Waals surface area contributed by atoms with E-state index in [0.717, 1.165) is 0 Å². The minimum Gasteiger partial charge on any atom is -0.489 e. The van der Waals surface area contributed by atoms with E-state index in [9.17, 15) is 12.8 Å². The van der Waals surface area contributed by atoms with Gasteiger partial charge in [-0.1, -0.05) is 26.0 Å². The molecule has 2 N–H and O–H groups in total. The van der Waals surface area contributed by atoms with E-state index in [4.69, 9.17) is 9.47 Å². The van der Waals surface area contributed by atoms with Crippen molar-refractivity contribution in [3.8, 4) is 5.75 Å². The Kier molecular flexibility index (Phi) is 9.38. The van der Waals surface area contributed by atoms with Crippen molar-refractivity contribution in [2.45, 2.75) is 32.5 Å². The summed E-state index contributed by atoms with van der Waals surface area (Å²) in [7, 11) is -2.33. The van der Waals surface area contributed by atoms with Crippen molar-refractivity contribution < 1.29 is 26.7 Å². The van der Waals surface area contributed by atoms with Gasteiger partial charge in [0.2, 0.25) is 10.3 Å². The quantitative estimate of drug-likeness (QED) is 0.176. The lowest BCUT2D eigenvalue weighted by atomic mass is 9.89. The number of hydrogen-bond donors (Lipinski definition) is 2. The first-order chi connectivity index (χ1) is 20.6. The number of fused-ring (bicyclic) bond motifs is 1. The third-order valence-electron chi connectivity index (χ3n) is 7.10. The summed E-state index contributed by atoms with van der Waals surface area (Å²) in [5, 5.41) is 7.00. The Hall–Kier alpha value is -3.87. The zero-order valence-electron chi connectivity index (χ0n) is 23.4. The minimum absolute atomic E-state index is 0.126. The fourth-order valence-electron chi connectivity index (χ4n) is 4.84. The molecule has 0 fully saturated rings. The van der Waals surface area contributed by atoms with Crippen molar-refractivity contribution in [3.05, 3.63) is 100 Å². The van der Waals surface area contributed by atoms with E-state index in [2.05, 4.69) is 36.5 Å². The molecule has 1 unspecified atom stereocenters. The Balaban J connectivity index is 1.39. The maximum Gasteiger partial charge on any atom is 0.214 e. The van der Waals surface area contributed by atoms with Gasteiger partial charge in [-0.3, -0.25) is 0 Å². The van der Waals surface area contributed by atoms with Gasteiger partial charge in [0.1, 0.15) is 36.1 Å². The molecule has 1 aliphatic heterocycles. The zero-order valence-corrected chi connectivity index (χ0v) is 25.8. The molecule has 0 amide bonds. The molecule has 0 saturated carbocycles. The van der Waals surface area contributed by atoms with Gasteiger partial charge in [-0.05, 0) is 69.9 Å². The highest BCUT2D eigenvalue weighted by atomic mass is 79.9. The fourth-order valence-corrected chi connectivity index (χ4v) is 5.94.